The van der Waals surface area contributed by atoms with Crippen molar-refractivity contribution in [3.63, 3.8) is 0 Å². The van der Waals surface area contributed by atoms with E-state index in [0.29, 0.717) is 34.2 Å². The number of hydrogen-bond donors (Lipinski definition) is 2. The first-order valence-electron chi connectivity index (χ1n) is 7.18. The summed E-state index contributed by atoms with van der Waals surface area (Å²) in [7, 11) is 3.75. The maximum atomic E-state index is 12.7. The van der Waals surface area contributed by atoms with Crippen molar-refractivity contribution in [3.05, 3.63) is 58.4 Å². The molecule has 0 amide bonds. The van der Waals surface area contributed by atoms with Crippen molar-refractivity contribution in [1.29, 1.82) is 0 Å². The highest BCUT2D eigenvalue weighted by molar-refractivity contribution is 5.85. The van der Waals surface area contributed by atoms with E-state index in [9.17, 15) is 15.0 Å². The summed E-state index contributed by atoms with van der Waals surface area (Å²) in [6, 6.07) is 9.45. The van der Waals surface area contributed by atoms with E-state index in [1.165, 1.54) is 24.5 Å². The van der Waals surface area contributed by atoms with Crippen LogP contribution in [0.15, 0.2) is 51.9 Å². The van der Waals surface area contributed by atoms with E-state index >= 15 is 0 Å². The van der Waals surface area contributed by atoms with E-state index in [2.05, 4.69) is 0 Å². The number of phenolic OH excluding ortho intramolecular Hbond substituents is 2. The van der Waals surface area contributed by atoms with Crippen LogP contribution in [0.5, 0.6) is 11.5 Å². The van der Waals surface area contributed by atoms with Gasteiger partial charge in [0.1, 0.15) is 23.3 Å². The Hall–Kier alpha value is -2.79. The van der Waals surface area contributed by atoms with Gasteiger partial charge in [0.25, 0.3) is 0 Å². The second kappa shape index (κ2) is 5.78. The first-order valence-corrected chi connectivity index (χ1v) is 7.18. The highest BCUT2D eigenvalue weighted by atomic mass is 16.3. The molecule has 0 unspecified atom stereocenters. The number of rotatable bonds is 3. The van der Waals surface area contributed by atoms with Crippen molar-refractivity contribution in [2.75, 3.05) is 14.1 Å². The van der Waals surface area contributed by atoms with Gasteiger partial charge in [0.15, 0.2) is 0 Å². The predicted octanol–water partition coefficient (Wildman–Crippen LogP) is 2.93. The van der Waals surface area contributed by atoms with Crippen LogP contribution in [0.25, 0.3) is 22.1 Å². The smallest absolute Gasteiger partial charge is 0.200 e. The molecule has 3 rings (SSSR count). The molecule has 118 valence electrons. The first kappa shape index (κ1) is 15.1. The number of benzene rings is 2. The number of fused-ring (bicyclic) bond motifs is 1. The zero-order valence-corrected chi connectivity index (χ0v) is 12.9. The fourth-order valence-corrected chi connectivity index (χ4v) is 2.56. The van der Waals surface area contributed by atoms with Gasteiger partial charge in [-0.2, -0.15) is 0 Å². The molecule has 1 aromatic heterocycles. The topological polar surface area (TPSA) is 73.9 Å². The molecule has 2 N–H and O–H groups in total. The normalized spacial score (nSPS) is 11.3. The third-order valence-electron chi connectivity index (χ3n) is 3.67. The van der Waals surface area contributed by atoms with E-state index < -0.39 is 0 Å². The maximum Gasteiger partial charge on any atom is 0.200 e. The molecule has 0 fully saturated rings. The van der Waals surface area contributed by atoms with Gasteiger partial charge in [-0.3, -0.25) is 4.79 Å². The minimum absolute atomic E-state index is 0.103. The zero-order chi connectivity index (χ0) is 16.6. The van der Waals surface area contributed by atoms with Crippen LogP contribution in [0.3, 0.4) is 0 Å². The summed E-state index contributed by atoms with van der Waals surface area (Å²) in [5.74, 6) is 0.240. The van der Waals surface area contributed by atoms with Gasteiger partial charge < -0.3 is 19.5 Å². The molecule has 0 aliphatic heterocycles. The molecule has 5 heteroatoms. The van der Waals surface area contributed by atoms with Gasteiger partial charge >= 0.3 is 0 Å². The average Bonchev–Trinajstić information content (AvgIpc) is 2.51. The highest BCUT2D eigenvalue weighted by Crippen LogP contribution is 2.29. The molecule has 0 spiro atoms. The summed E-state index contributed by atoms with van der Waals surface area (Å²) in [4.78, 5) is 14.6. The average molecular weight is 311 g/mol. The second-order valence-electron chi connectivity index (χ2n) is 5.70. The van der Waals surface area contributed by atoms with Crippen molar-refractivity contribution in [2.24, 2.45) is 0 Å². The van der Waals surface area contributed by atoms with Gasteiger partial charge in [-0.25, -0.2) is 0 Å². The summed E-state index contributed by atoms with van der Waals surface area (Å²) >= 11 is 0. The van der Waals surface area contributed by atoms with Gasteiger partial charge in [-0.1, -0.05) is 12.1 Å². The third kappa shape index (κ3) is 2.78. The molecule has 1 heterocycles. The Morgan fingerprint density at radius 2 is 1.74 bits per heavy atom. The number of nitrogens with zero attached hydrogens (tertiary/aromatic N) is 1. The Morgan fingerprint density at radius 1 is 1.04 bits per heavy atom. The van der Waals surface area contributed by atoms with Gasteiger partial charge in [0, 0.05) is 6.54 Å². The summed E-state index contributed by atoms with van der Waals surface area (Å²) < 4.78 is 5.67. The fourth-order valence-electron chi connectivity index (χ4n) is 2.56. The van der Waals surface area contributed by atoms with E-state index in [1.807, 2.05) is 19.0 Å². The Bertz CT molecular complexity index is 911. The Labute approximate surface area is 133 Å². The molecule has 0 atom stereocenters. The lowest BCUT2D eigenvalue weighted by molar-refractivity contribution is 0.384. The van der Waals surface area contributed by atoms with Crippen molar-refractivity contribution in [2.45, 2.75) is 6.54 Å². The number of hydrogen-bond acceptors (Lipinski definition) is 5. The summed E-state index contributed by atoms with van der Waals surface area (Å²) in [6.07, 6.45) is 1.40. The fraction of sp³-hybridized carbons (Fsp3) is 0.167. The van der Waals surface area contributed by atoms with Crippen LogP contribution in [-0.4, -0.2) is 29.2 Å². The van der Waals surface area contributed by atoms with E-state index in [-0.39, 0.29) is 16.9 Å². The predicted molar refractivity (Wildman–Crippen MR) is 88.6 cm³/mol. The molecule has 0 aliphatic rings. The van der Waals surface area contributed by atoms with Crippen LogP contribution in [-0.2, 0) is 6.54 Å². The molecule has 0 radical (unpaired) electrons. The lowest BCUT2D eigenvalue weighted by Crippen LogP contribution is -2.12. The molecule has 3 aromatic rings. The second-order valence-corrected chi connectivity index (χ2v) is 5.70. The standard InChI is InChI=1S/C18H17NO4/c1-19(2)9-14-16(21)8-7-13-17(22)15(10-23-18(13)14)11-3-5-12(20)6-4-11/h3-8,10,20-21H,9H2,1-2H3. The summed E-state index contributed by atoms with van der Waals surface area (Å²) in [5, 5.41) is 19.8. The highest BCUT2D eigenvalue weighted by Gasteiger charge is 2.15. The lowest BCUT2D eigenvalue weighted by atomic mass is 10.0. The van der Waals surface area contributed by atoms with Gasteiger partial charge in [-0.05, 0) is 43.9 Å². The molecular weight excluding hydrogens is 294 g/mol. The van der Waals surface area contributed by atoms with Gasteiger partial charge in [0.2, 0.25) is 5.43 Å². The molecular formula is C18H17NO4. The van der Waals surface area contributed by atoms with Crippen LogP contribution >= 0.6 is 0 Å². The third-order valence-corrected chi connectivity index (χ3v) is 3.67. The van der Waals surface area contributed by atoms with E-state index in [4.69, 9.17) is 4.42 Å². The molecule has 2 aromatic carbocycles. The monoisotopic (exact) mass is 311 g/mol. The van der Waals surface area contributed by atoms with Crippen molar-refractivity contribution in [3.8, 4) is 22.6 Å². The number of phenols is 2. The Morgan fingerprint density at radius 3 is 2.39 bits per heavy atom. The molecule has 0 saturated carbocycles. The molecule has 23 heavy (non-hydrogen) atoms. The summed E-state index contributed by atoms with van der Waals surface area (Å²) in [5.41, 5.74) is 1.89. The van der Waals surface area contributed by atoms with Crippen LogP contribution in [0, 0.1) is 0 Å². The van der Waals surface area contributed by atoms with Crippen LogP contribution in [0.1, 0.15) is 5.56 Å². The molecule has 0 bridgehead atoms. The Kier molecular flexibility index (Phi) is 3.80. The van der Waals surface area contributed by atoms with Crippen LogP contribution in [0.4, 0.5) is 0 Å². The lowest BCUT2D eigenvalue weighted by Gasteiger charge is -2.13. The number of aromatic hydroxyl groups is 2. The molecule has 0 saturated heterocycles. The minimum Gasteiger partial charge on any atom is -0.508 e. The van der Waals surface area contributed by atoms with E-state index in [1.54, 1.807) is 18.2 Å². The quantitative estimate of drug-likeness (QED) is 0.778. The van der Waals surface area contributed by atoms with Gasteiger partial charge in [-0.15, -0.1) is 0 Å². The Balaban J connectivity index is 2.22. The first-order chi connectivity index (χ1) is 11.0. The molecule has 0 aliphatic carbocycles. The van der Waals surface area contributed by atoms with E-state index in [0.717, 1.165) is 0 Å². The van der Waals surface area contributed by atoms with Crippen LogP contribution in [0.2, 0.25) is 0 Å². The summed E-state index contributed by atoms with van der Waals surface area (Å²) in [6.45, 7) is 0.463. The SMILES string of the molecule is CN(C)Cc1c(O)ccc2c(=O)c(-c3ccc(O)cc3)coc12. The maximum absolute atomic E-state index is 12.7. The van der Waals surface area contributed by atoms with Crippen LogP contribution < -0.4 is 5.43 Å². The van der Waals surface area contributed by atoms with Crippen molar-refractivity contribution >= 4 is 11.0 Å². The minimum atomic E-state index is -0.169. The molecule has 5 nitrogen and oxygen atoms in total. The van der Waals surface area contributed by atoms with Crippen molar-refractivity contribution < 1.29 is 14.6 Å². The largest absolute Gasteiger partial charge is 0.508 e. The van der Waals surface area contributed by atoms with Gasteiger partial charge in [0.05, 0.1) is 16.5 Å². The zero-order valence-electron chi connectivity index (χ0n) is 12.9. The van der Waals surface area contributed by atoms with Crippen molar-refractivity contribution in [1.82, 2.24) is 4.90 Å².